The van der Waals surface area contributed by atoms with Gasteiger partial charge in [-0.1, -0.05) is 42.5 Å². The number of non-ortho nitro benzene ring substituents is 1. The van der Waals surface area contributed by atoms with E-state index in [4.69, 9.17) is 4.74 Å². The van der Waals surface area contributed by atoms with Crippen molar-refractivity contribution in [2.24, 2.45) is 5.41 Å². The summed E-state index contributed by atoms with van der Waals surface area (Å²) < 4.78 is 6.20. The minimum Gasteiger partial charge on any atom is -0.492 e. The first-order valence-electron chi connectivity index (χ1n) is 11.0. The molecule has 3 aliphatic rings. The van der Waals surface area contributed by atoms with Crippen LogP contribution in [0.25, 0.3) is 0 Å². The summed E-state index contributed by atoms with van der Waals surface area (Å²) in [6.07, 6.45) is 0. The summed E-state index contributed by atoms with van der Waals surface area (Å²) in [5.41, 5.74) is -0.303. The van der Waals surface area contributed by atoms with Crippen LogP contribution in [0.5, 0.6) is 5.75 Å². The van der Waals surface area contributed by atoms with Gasteiger partial charge in [0.05, 0.1) is 10.5 Å². The van der Waals surface area contributed by atoms with Crippen LogP contribution in [0.2, 0.25) is 0 Å². The summed E-state index contributed by atoms with van der Waals surface area (Å²) in [6.45, 7) is 0.322. The van der Waals surface area contributed by atoms with Crippen molar-refractivity contribution in [1.29, 1.82) is 0 Å². The van der Waals surface area contributed by atoms with Gasteiger partial charge in [-0.15, -0.1) is 0 Å². The summed E-state index contributed by atoms with van der Waals surface area (Å²) in [5.74, 6) is -0.523. The third-order valence-electron chi connectivity index (χ3n) is 7.64. The number of nitrogens with zero attached hydrogens (tertiary/aromatic N) is 2. The predicted molar refractivity (Wildman–Crippen MR) is 124 cm³/mol. The molecule has 3 atom stereocenters. The zero-order chi connectivity index (χ0) is 23.7. The van der Waals surface area contributed by atoms with Gasteiger partial charge in [0.15, 0.2) is 5.78 Å². The van der Waals surface area contributed by atoms with Gasteiger partial charge < -0.3 is 10.1 Å². The number of amides is 1. The highest BCUT2D eigenvalue weighted by molar-refractivity contribution is 6.15. The summed E-state index contributed by atoms with van der Waals surface area (Å²) in [6, 6.07) is 20.8. The minimum absolute atomic E-state index is 0.0255. The quantitative estimate of drug-likeness (QED) is 0.467. The van der Waals surface area contributed by atoms with Crippen molar-refractivity contribution in [2.75, 3.05) is 25.5 Å². The van der Waals surface area contributed by atoms with E-state index in [1.807, 2.05) is 36.2 Å². The largest absolute Gasteiger partial charge is 0.492 e. The number of ketones is 1. The molecule has 0 bridgehead atoms. The first kappa shape index (κ1) is 20.6. The lowest BCUT2D eigenvalue weighted by atomic mass is 9.57. The number of carbonyl (C=O) groups excluding carboxylic acids is 2. The SMILES string of the molecule is CN1CC(c2cccc([N+](=O)[O-])c2)C2(COc3ccccc3C2=O)C12C(=O)Nc1ccccc12. The number of rotatable bonds is 2. The molecule has 8 heteroatoms. The van der Waals surface area contributed by atoms with Gasteiger partial charge >= 0.3 is 0 Å². The molecule has 0 saturated carbocycles. The summed E-state index contributed by atoms with van der Waals surface area (Å²) in [4.78, 5) is 41.4. The zero-order valence-corrected chi connectivity index (χ0v) is 18.4. The predicted octanol–water partition coefficient (Wildman–Crippen LogP) is 3.73. The maximum absolute atomic E-state index is 14.5. The van der Waals surface area contributed by atoms with Crippen LogP contribution in [0.1, 0.15) is 27.4 Å². The van der Waals surface area contributed by atoms with Crippen molar-refractivity contribution in [2.45, 2.75) is 11.5 Å². The zero-order valence-electron chi connectivity index (χ0n) is 18.4. The Kier molecular flexibility index (Phi) is 4.22. The molecule has 170 valence electrons. The van der Waals surface area contributed by atoms with E-state index < -0.39 is 21.8 Å². The van der Waals surface area contributed by atoms with Crippen molar-refractivity contribution in [1.82, 2.24) is 4.90 Å². The lowest BCUT2D eigenvalue weighted by molar-refractivity contribution is -0.384. The average Bonchev–Trinajstić information content (AvgIpc) is 3.30. The topological polar surface area (TPSA) is 102 Å². The molecule has 3 heterocycles. The summed E-state index contributed by atoms with van der Waals surface area (Å²) in [7, 11) is 1.83. The van der Waals surface area contributed by atoms with E-state index in [2.05, 4.69) is 5.32 Å². The van der Waals surface area contributed by atoms with Crippen LogP contribution in [0.3, 0.4) is 0 Å². The van der Waals surface area contributed by atoms with Crippen molar-refractivity contribution < 1.29 is 19.2 Å². The third kappa shape index (κ3) is 2.35. The van der Waals surface area contributed by atoms with Gasteiger partial charge in [0.25, 0.3) is 11.6 Å². The Morgan fingerprint density at radius 2 is 1.82 bits per heavy atom. The monoisotopic (exact) mass is 455 g/mol. The van der Waals surface area contributed by atoms with Crippen LogP contribution in [0, 0.1) is 15.5 Å². The van der Waals surface area contributed by atoms with Crippen LogP contribution >= 0.6 is 0 Å². The number of ether oxygens (including phenoxy) is 1. The Labute approximate surface area is 195 Å². The fourth-order valence-electron chi connectivity index (χ4n) is 6.27. The third-order valence-corrected chi connectivity index (χ3v) is 7.64. The van der Waals surface area contributed by atoms with Gasteiger partial charge in [0.1, 0.15) is 23.3 Å². The highest BCUT2D eigenvalue weighted by atomic mass is 16.6. The van der Waals surface area contributed by atoms with E-state index in [9.17, 15) is 19.7 Å². The Hall–Kier alpha value is -4.04. The average molecular weight is 455 g/mol. The van der Waals surface area contributed by atoms with E-state index in [-0.39, 0.29) is 24.0 Å². The first-order valence-corrected chi connectivity index (χ1v) is 11.0. The second-order valence-electron chi connectivity index (χ2n) is 9.08. The van der Waals surface area contributed by atoms with Crippen LogP contribution in [-0.2, 0) is 10.3 Å². The lowest BCUT2D eigenvalue weighted by Crippen LogP contribution is -2.62. The van der Waals surface area contributed by atoms with Gasteiger partial charge in [0.2, 0.25) is 0 Å². The Balaban J connectivity index is 1.66. The molecule has 0 radical (unpaired) electrons. The number of carbonyl (C=O) groups is 2. The van der Waals surface area contributed by atoms with Crippen molar-refractivity contribution in [3.63, 3.8) is 0 Å². The standard InChI is InChI=1S/C26H21N3O5/c1-28-14-20(16-7-6-8-17(13-16)29(32)33)25(15-34-22-12-5-2-9-18(22)23(25)30)26(28)19-10-3-4-11-21(19)27-24(26)31/h2-13,20H,14-15H2,1H3,(H,27,31). The van der Waals surface area contributed by atoms with Crippen LogP contribution in [0.15, 0.2) is 72.8 Å². The molecule has 8 nitrogen and oxygen atoms in total. The van der Waals surface area contributed by atoms with Gasteiger partial charge in [-0.25, -0.2) is 0 Å². The molecule has 34 heavy (non-hydrogen) atoms. The smallest absolute Gasteiger partial charge is 0.269 e. The molecule has 3 aromatic rings. The Morgan fingerprint density at radius 1 is 1.06 bits per heavy atom. The number of fused-ring (bicyclic) bond motifs is 4. The summed E-state index contributed by atoms with van der Waals surface area (Å²) in [5, 5.41) is 14.5. The number of hydrogen-bond donors (Lipinski definition) is 1. The highest BCUT2D eigenvalue weighted by Gasteiger charge is 2.75. The van der Waals surface area contributed by atoms with Crippen molar-refractivity contribution >= 4 is 23.1 Å². The summed E-state index contributed by atoms with van der Waals surface area (Å²) >= 11 is 0. The molecular weight excluding hydrogens is 434 g/mol. The van der Waals surface area contributed by atoms with Crippen LogP contribution in [0.4, 0.5) is 11.4 Å². The molecule has 6 rings (SSSR count). The molecular formula is C26H21N3O5. The molecule has 0 aliphatic carbocycles. The number of benzene rings is 3. The first-order chi connectivity index (χ1) is 16.4. The fraction of sp³-hybridized carbons (Fsp3) is 0.231. The number of nitro benzene ring substituents is 1. The maximum atomic E-state index is 14.5. The number of para-hydroxylation sites is 2. The van der Waals surface area contributed by atoms with E-state index in [0.29, 0.717) is 34.7 Å². The van der Waals surface area contributed by atoms with E-state index in [0.717, 1.165) is 0 Å². The van der Waals surface area contributed by atoms with E-state index >= 15 is 0 Å². The molecule has 2 spiro atoms. The Bertz CT molecular complexity index is 1390. The molecule has 3 aromatic carbocycles. The number of hydrogen-bond acceptors (Lipinski definition) is 6. The number of likely N-dealkylation sites (tertiary alicyclic amines) is 1. The Morgan fingerprint density at radius 3 is 2.65 bits per heavy atom. The van der Waals surface area contributed by atoms with Crippen LogP contribution < -0.4 is 10.1 Å². The fourth-order valence-corrected chi connectivity index (χ4v) is 6.27. The maximum Gasteiger partial charge on any atom is 0.269 e. The van der Waals surface area contributed by atoms with Crippen molar-refractivity contribution in [3.05, 3.63) is 99.6 Å². The highest BCUT2D eigenvalue weighted by Crippen LogP contribution is 2.64. The lowest BCUT2D eigenvalue weighted by Gasteiger charge is -2.47. The van der Waals surface area contributed by atoms with Gasteiger partial charge in [0, 0.05) is 35.8 Å². The number of nitro groups is 1. The second-order valence-corrected chi connectivity index (χ2v) is 9.08. The molecule has 1 fully saturated rings. The second kappa shape index (κ2) is 6.98. The van der Waals surface area contributed by atoms with Gasteiger partial charge in [-0.05, 0) is 30.8 Å². The number of anilines is 1. The molecule has 1 N–H and O–H groups in total. The molecule has 1 saturated heterocycles. The van der Waals surface area contributed by atoms with Crippen molar-refractivity contribution in [3.8, 4) is 5.75 Å². The molecule has 3 aliphatic heterocycles. The van der Waals surface area contributed by atoms with Gasteiger partial charge in [-0.2, -0.15) is 0 Å². The number of nitrogens with one attached hydrogen (secondary N) is 1. The van der Waals surface area contributed by atoms with Gasteiger partial charge in [-0.3, -0.25) is 24.6 Å². The normalized spacial score (nSPS) is 27.4. The minimum atomic E-state index is -1.33. The molecule has 1 amide bonds. The number of Topliss-reactive ketones (excluding diaryl/α,β-unsaturated/α-hetero) is 1. The van der Waals surface area contributed by atoms with E-state index in [1.54, 1.807) is 36.4 Å². The van der Waals surface area contributed by atoms with Crippen LogP contribution in [-0.4, -0.2) is 41.7 Å². The number of likely N-dealkylation sites (N-methyl/N-ethyl adjacent to an activating group) is 1. The molecule has 0 aromatic heterocycles. The van der Waals surface area contributed by atoms with E-state index in [1.165, 1.54) is 12.1 Å². The molecule has 3 unspecified atom stereocenters.